The third kappa shape index (κ3) is 23.2. The molecule has 5 unspecified atom stereocenters. The van der Waals surface area contributed by atoms with Gasteiger partial charge in [0.25, 0.3) is 11.8 Å². The normalized spacial score (nSPS) is 14.0. The predicted octanol–water partition coefficient (Wildman–Crippen LogP) is 2.27. The molecule has 0 bridgehead atoms. The van der Waals surface area contributed by atoms with Crippen molar-refractivity contribution in [1.29, 1.82) is 0 Å². The van der Waals surface area contributed by atoms with E-state index in [1.165, 1.54) is 11.8 Å². The van der Waals surface area contributed by atoms with Crippen LogP contribution in [0.2, 0.25) is 0 Å². The molecular weight excluding hydrogens is 1120 g/mol. The maximum absolute atomic E-state index is 15.1. The van der Waals surface area contributed by atoms with Gasteiger partial charge in [-0.2, -0.15) is 8.78 Å². The number of alkyl halides is 2. The average Bonchev–Trinajstić information content (AvgIpc) is 2.02. The fraction of sp³-hybridized carbons (Fsp3) is 0.491. The molecule has 1 aliphatic rings. The van der Waals surface area contributed by atoms with Crippen LogP contribution in [0.25, 0.3) is 11.1 Å². The van der Waals surface area contributed by atoms with Crippen LogP contribution < -0.4 is 37.6 Å². The summed E-state index contributed by atoms with van der Waals surface area (Å²) in [6.45, 7) is 9.30. The molecule has 1 aromatic heterocycles. The van der Waals surface area contributed by atoms with Crippen molar-refractivity contribution in [2.45, 2.75) is 130 Å². The van der Waals surface area contributed by atoms with Gasteiger partial charge in [-0.05, 0) is 73.8 Å². The molecule has 85 heavy (non-hydrogen) atoms. The number of carbonyl (C=O) groups excluding carboxylic acids is 9. The minimum Gasteiger partial charge on any atom is -0.480 e. The number of aliphatic hydroxyl groups excluding tert-OH is 1. The number of unbranched alkanes of at least 4 members (excludes halogenated alkanes) is 1. The lowest BCUT2D eigenvalue weighted by molar-refractivity contribution is -0.162. The number of imide groups is 1. The molecule has 5 atom stereocenters. The Labute approximate surface area is 488 Å². The Balaban J connectivity index is 0.00000253. The number of nitrogens with zero attached hydrogens (tertiary/aromatic N) is 3. The van der Waals surface area contributed by atoms with Gasteiger partial charge in [0.1, 0.15) is 42.9 Å². The summed E-state index contributed by atoms with van der Waals surface area (Å²) in [5.74, 6) is -14.5. The fourth-order valence-electron chi connectivity index (χ4n) is 8.56. The maximum atomic E-state index is 15.1. The summed E-state index contributed by atoms with van der Waals surface area (Å²) >= 11 is 0. The van der Waals surface area contributed by atoms with Crippen molar-refractivity contribution < 1.29 is 85.6 Å². The number of aliphatic hydroxyl groups is 1. The first-order chi connectivity index (χ1) is 39.7. The Morgan fingerprint density at radius 1 is 0.718 bits per heavy atom. The van der Waals surface area contributed by atoms with Crippen LogP contribution in [0.15, 0.2) is 72.9 Å². The summed E-state index contributed by atoms with van der Waals surface area (Å²) in [6.07, 6.45) is 3.92. The number of rotatable bonds is 31. The highest BCUT2D eigenvalue weighted by molar-refractivity contribution is 6.14. The molecule has 2 heterocycles. The first-order valence-electron chi connectivity index (χ1n) is 27.2. The molecule has 0 saturated heterocycles. The van der Waals surface area contributed by atoms with Gasteiger partial charge in [0.05, 0.1) is 12.1 Å². The largest absolute Gasteiger partial charge is 0.480 e. The second-order valence-electron chi connectivity index (χ2n) is 21.5. The Morgan fingerprint density at radius 3 is 1.88 bits per heavy atom. The highest BCUT2D eigenvalue weighted by Gasteiger charge is 2.38. The molecule has 0 saturated carbocycles. The second-order valence-corrected chi connectivity index (χ2v) is 21.5. The van der Waals surface area contributed by atoms with Gasteiger partial charge >= 0.3 is 17.9 Å². The van der Waals surface area contributed by atoms with E-state index in [0.29, 0.717) is 36.0 Å². The van der Waals surface area contributed by atoms with E-state index in [2.05, 4.69) is 31.9 Å². The number of halogens is 4. The van der Waals surface area contributed by atoms with Crippen LogP contribution in [0.4, 0.5) is 17.6 Å². The van der Waals surface area contributed by atoms with Gasteiger partial charge in [0.2, 0.25) is 41.4 Å². The molecular formula is C57H76F4N10O14. The molecule has 0 fully saturated rings. The lowest BCUT2D eigenvalue weighted by atomic mass is 9.82. The van der Waals surface area contributed by atoms with E-state index in [4.69, 9.17) is 10.8 Å². The number of nitrogens with one attached hydrogen (secondary N) is 6. The third-order valence-corrected chi connectivity index (χ3v) is 13.0. The Hall–Kier alpha value is -8.53. The van der Waals surface area contributed by atoms with Crippen LogP contribution in [0, 0.1) is 23.0 Å². The molecule has 3 aromatic rings. The smallest absolute Gasteiger partial charge is 0.374 e. The molecule has 2 aromatic carbocycles. The Kier molecular flexibility index (Phi) is 27.5. The number of aliphatic carboxylic acids is 2. The monoisotopic (exact) mass is 1200 g/mol. The highest BCUT2D eigenvalue weighted by Crippen LogP contribution is 2.41. The predicted molar refractivity (Wildman–Crippen MR) is 299 cm³/mol. The molecule has 4 rings (SSSR count). The van der Waals surface area contributed by atoms with E-state index in [1.807, 2.05) is 55.7 Å². The van der Waals surface area contributed by atoms with Crippen molar-refractivity contribution in [3.05, 3.63) is 95.8 Å². The van der Waals surface area contributed by atoms with Crippen LogP contribution in [0.1, 0.15) is 104 Å². The summed E-state index contributed by atoms with van der Waals surface area (Å²) in [5, 5.41) is 42.5. The number of benzene rings is 2. The zero-order valence-electron chi connectivity index (χ0n) is 48.3. The highest BCUT2D eigenvalue weighted by atomic mass is 19.3. The zero-order valence-corrected chi connectivity index (χ0v) is 48.3. The maximum Gasteiger partial charge on any atom is 0.374 e. The van der Waals surface area contributed by atoms with Crippen LogP contribution in [-0.4, -0.2) is 164 Å². The molecule has 0 aliphatic carbocycles. The first kappa shape index (κ1) is 70.7. The summed E-state index contributed by atoms with van der Waals surface area (Å²) in [6, 6.07) is 8.85. The number of aromatic nitrogens is 1. The van der Waals surface area contributed by atoms with Crippen molar-refractivity contribution in [1.82, 2.24) is 46.3 Å². The van der Waals surface area contributed by atoms with E-state index in [9.17, 15) is 76.1 Å². The molecule has 1 aliphatic heterocycles. The van der Waals surface area contributed by atoms with Gasteiger partial charge in [0, 0.05) is 87.7 Å². The second kappa shape index (κ2) is 33.1. The number of hydrogen-bond donors (Lipinski definition) is 10. The molecule has 11 N–H and O–H groups in total. The molecule has 28 heteroatoms. The first-order valence-corrected chi connectivity index (χ1v) is 27.2. The molecule has 24 nitrogen and oxygen atoms in total. The number of hydrogen-bond acceptors (Lipinski definition) is 13. The van der Waals surface area contributed by atoms with Crippen LogP contribution in [0.3, 0.4) is 0 Å². The standard InChI is InChI=1S/C54H72F2N10O12.C3H4F2O2/c1-32(2)48(63-44(70)30-66-45(71)17-18-46(66)72)52(76)61-33(3)50(74)59-24-20-43(69)62-40(53(77)78)14-10-11-22-58-42(68)19-23-60-51(75)39(57)21-25-65(47(73)31-67)49(54(4,5)6)41-26-35(37-27-36(55)15-16-38(37)56)29-64(41)28-34-12-8-7-9-13-34;1-3(4,5)2(6)7/h7-9,12-13,15-18,26-27,29,32-33,39-40,48-49,67H,10-11,14,19-25,28,30-31,57H2,1-6H3,(H,58,68)(H,59,74)(H,60,75)(H,61,76)(H,62,69)(H,63,70)(H,77,78);1H3,(H,6,7). The van der Waals surface area contributed by atoms with E-state index in [1.54, 1.807) is 26.1 Å². The number of nitrogens with two attached hydrogens (primary N) is 1. The van der Waals surface area contributed by atoms with Gasteiger partial charge in [-0.3, -0.25) is 48.1 Å². The lowest BCUT2D eigenvalue weighted by Crippen LogP contribution is -2.56. The van der Waals surface area contributed by atoms with E-state index in [0.717, 1.165) is 35.9 Å². The number of carbonyl (C=O) groups is 11. The van der Waals surface area contributed by atoms with Crippen molar-refractivity contribution in [2.75, 3.05) is 39.3 Å². The van der Waals surface area contributed by atoms with Crippen LogP contribution in [0.5, 0.6) is 0 Å². The summed E-state index contributed by atoms with van der Waals surface area (Å²) in [5.41, 5.74) is 7.45. The van der Waals surface area contributed by atoms with Gasteiger partial charge in [0.15, 0.2) is 0 Å². The van der Waals surface area contributed by atoms with Gasteiger partial charge in [-0.25, -0.2) is 18.4 Å². The zero-order chi connectivity index (χ0) is 63.9. The average molecular weight is 1200 g/mol. The van der Waals surface area contributed by atoms with E-state index >= 15 is 4.39 Å². The van der Waals surface area contributed by atoms with Crippen molar-refractivity contribution in [3.63, 3.8) is 0 Å². The quantitative estimate of drug-likeness (QED) is 0.0251. The van der Waals surface area contributed by atoms with Crippen molar-refractivity contribution >= 4 is 65.1 Å². The third-order valence-electron chi connectivity index (χ3n) is 13.0. The van der Waals surface area contributed by atoms with Crippen molar-refractivity contribution in [3.8, 4) is 11.1 Å². The number of carboxylic acids is 2. The van der Waals surface area contributed by atoms with Gasteiger partial charge < -0.3 is 62.4 Å². The number of carboxylic acid groups (broad SMARTS) is 2. The summed E-state index contributed by atoms with van der Waals surface area (Å²) in [7, 11) is 0. The Morgan fingerprint density at radius 2 is 1.32 bits per heavy atom. The van der Waals surface area contributed by atoms with Crippen LogP contribution >= 0.6 is 0 Å². The summed E-state index contributed by atoms with van der Waals surface area (Å²) < 4.78 is 53.9. The van der Waals surface area contributed by atoms with Gasteiger partial charge in [-0.1, -0.05) is 65.0 Å². The van der Waals surface area contributed by atoms with Crippen molar-refractivity contribution in [2.24, 2.45) is 17.1 Å². The Bertz CT molecular complexity index is 2870. The summed E-state index contributed by atoms with van der Waals surface area (Å²) in [4.78, 5) is 137. The van der Waals surface area contributed by atoms with E-state index in [-0.39, 0.29) is 63.8 Å². The van der Waals surface area contributed by atoms with E-state index < -0.39 is 137 Å². The molecule has 0 radical (unpaired) electrons. The van der Waals surface area contributed by atoms with Crippen LogP contribution in [-0.2, 0) is 59.3 Å². The minimum atomic E-state index is -3.58. The molecule has 466 valence electrons. The molecule has 0 spiro atoms. The SMILES string of the molecule is CC(F)(F)C(=O)O.CC(NC(=O)C(NC(=O)CN1C(=O)C=CC1=O)C(C)C)C(=O)NCCC(=O)NC(CCCCNC(=O)CCNC(=O)C(N)CCN(C(=O)CO)C(c1cc(-c2cc(F)ccc2F)cn1Cc1ccccc1)C(C)(C)C)C(=O)O. The fourth-order valence-corrected chi connectivity index (χ4v) is 8.56. The van der Waals surface area contributed by atoms with Gasteiger partial charge in [-0.15, -0.1) is 0 Å². The number of amides is 9. The minimum absolute atomic E-state index is 0.0175. The topological polar surface area (TPSA) is 358 Å². The lowest BCUT2D eigenvalue weighted by Gasteiger charge is -2.41. The molecule has 9 amide bonds.